The average molecular weight is 275 g/mol. The third-order valence-corrected chi connectivity index (χ3v) is 3.02. The Morgan fingerprint density at radius 1 is 1.30 bits per heavy atom. The van der Waals surface area contributed by atoms with Gasteiger partial charge >= 0.3 is 0 Å². The van der Waals surface area contributed by atoms with Gasteiger partial charge < -0.3 is 10.0 Å². The minimum atomic E-state index is -0.247. The van der Waals surface area contributed by atoms with E-state index in [1.165, 1.54) is 4.90 Å². The lowest BCUT2D eigenvalue weighted by atomic mass is 10.1. The molecule has 0 aromatic heterocycles. The van der Waals surface area contributed by atoms with E-state index in [4.69, 9.17) is 5.11 Å². The SMILES string of the molecule is O=C1CCC(C(=O)N(CCO)Cc2ccccc2)=NN1. The van der Waals surface area contributed by atoms with E-state index in [9.17, 15) is 9.59 Å². The molecule has 20 heavy (non-hydrogen) atoms. The fraction of sp³-hybridized carbons (Fsp3) is 0.357. The molecule has 2 N–H and O–H groups in total. The van der Waals surface area contributed by atoms with Crippen LogP contribution >= 0.6 is 0 Å². The second-order valence-corrected chi connectivity index (χ2v) is 4.53. The van der Waals surface area contributed by atoms with Crippen LogP contribution in [0.2, 0.25) is 0 Å². The van der Waals surface area contributed by atoms with Crippen LogP contribution in [-0.4, -0.2) is 40.7 Å². The van der Waals surface area contributed by atoms with Crippen LogP contribution in [0.1, 0.15) is 18.4 Å². The van der Waals surface area contributed by atoms with E-state index in [1.54, 1.807) is 0 Å². The Labute approximate surface area is 117 Å². The zero-order chi connectivity index (χ0) is 14.4. The van der Waals surface area contributed by atoms with E-state index in [-0.39, 0.29) is 31.4 Å². The van der Waals surface area contributed by atoms with Gasteiger partial charge in [-0.2, -0.15) is 5.10 Å². The minimum Gasteiger partial charge on any atom is -0.395 e. The molecule has 1 aromatic rings. The number of rotatable bonds is 5. The second-order valence-electron chi connectivity index (χ2n) is 4.53. The molecule has 106 valence electrons. The van der Waals surface area contributed by atoms with Crippen molar-refractivity contribution in [3.63, 3.8) is 0 Å². The highest BCUT2D eigenvalue weighted by Crippen LogP contribution is 2.08. The lowest BCUT2D eigenvalue weighted by Gasteiger charge is -2.23. The molecular formula is C14H17N3O3. The van der Waals surface area contributed by atoms with Crippen LogP contribution in [0, 0.1) is 0 Å². The van der Waals surface area contributed by atoms with Crippen LogP contribution in [0.4, 0.5) is 0 Å². The Kier molecular flexibility index (Phi) is 4.84. The van der Waals surface area contributed by atoms with Gasteiger partial charge in [-0.25, -0.2) is 5.43 Å². The van der Waals surface area contributed by atoms with Gasteiger partial charge in [0.05, 0.1) is 6.61 Å². The first kappa shape index (κ1) is 14.2. The molecule has 6 heteroatoms. The maximum absolute atomic E-state index is 12.3. The van der Waals surface area contributed by atoms with Gasteiger partial charge in [-0.3, -0.25) is 9.59 Å². The fourth-order valence-electron chi connectivity index (χ4n) is 1.99. The molecule has 0 aliphatic carbocycles. The molecule has 0 saturated carbocycles. The predicted octanol–water partition coefficient (Wildman–Crippen LogP) is 0.273. The van der Waals surface area contributed by atoms with E-state index in [0.29, 0.717) is 18.7 Å². The standard InChI is InChI=1S/C14H17N3O3/c18-9-8-17(10-11-4-2-1-3-5-11)14(20)12-6-7-13(19)16-15-12/h1-5,18H,6-10H2,(H,16,19). The Morgan fingerprint density at radius 2 is 2.05 bits per heavy atom. The molecule has 0 unspecified atom stereocenters. The van der Waals surface area contributed by atoms with Crippen molar-refractivity contribution < 1.29 is 14.7 Å². The Bertz CT molecular complexity index is 514. The zero-order valence-electron chi connectivity index (χ0n) is 11.1. The van der Waals surface area contributed by atoms with E-state index in [2.05, 4.69) is 10.5 Å². The topological polar surface area (TPSA) is 82.0 Å². The first-order chi connectivity index (χ1) is 9.70. The summed E-state index contributed by atoms with van der Waals surface area (Å²) < 4.78 is 0. The third-order valence-electron chi connectivity index (χ3n) is 3.02. The van der Waals surface area contributed by atoms with Crippen LogP contribution in [0.25, 0.3) is 0 Å². The summed E-state index contributed by atoms with van der Waals surface area (Å²) in [7, 11) is 0. The van der Waals surface area contributed by atoms with Crippen molar-refractivity contribution in [2.75, 3.05) is 13.2 Å². The van der Waals surface area contributed by atoms with Crippen LogP contribution in [-0.2, 0) is 16.1 Å². The summed E-state index contributed by atoms with van der Waals surface area (Å²) in [6, 6.07) is 9.54. The second kappa shape index (κ2) is 6.81. The number of nitrogens with one attached hydrogen (secondary N) is 1. The molecule has 0 spiro atoms. The van der Waals surface area contributed by atoms with Crippen LogP contribution in [0.5, 0.6) is 0 Å². The number of amides is 2. The Hall–Kier alpha value is -2.21. The molecule has 0 radical (unpaired) electrons. The maximum Gasteiger partial charge on any atom is 0.270 e. The van der Waals surface area contributed by atoms with Crippen LogP contribution < -0.4 is 5.43 Å². The minimum absolute atomic E-state index is 0.113. The van der Waals surface area contributed by atoms with Gasteiger partial charge in [0.1, 0.15) is 5.71 Å². The molecular weight excluding hydrogens is 258 g/mol. The first-order valence-corrected chi connectivity index (χ1v) is 6.50. The summed E-state index contributed by atoms with van der Waals surface area (Å²) in [5, 5.41) is 12.9. The van der Waals surface area contributed by atoms with Gasteiger partial charge in [0.2, 0.25) is 5.91 Å². The highest BCUT2D eigenvalue weighted by molar-refractivity contribution is 6.39. The molecule has 0 atom stereocenters. The molecule has 1 aromatic carbocycles. The monoisotopic (exact) mass is 275 g/mol. The normalized spacial score (nSPS) is 14.4. The lowest BCUT2D eigenvalue weighted by molar-refractivity contribution is -0.125. The highest BCUT2D eigenvalue weighted by atomic mass is 16.3. The number of hydrazone groups is 1. The van der Waals surface area contributed by atoms with Crippen molar-refractivity contribution in [1.82, 2.24) is 10.3 Å². The van der Waals surface area contributed by atoms with Crippen molar-refractivity contribution in [2.24, 2.45) is 5.10 Å². The maximum atomic E-state index is 12.3. The largest absolute Gasteiger partial charge is 0.395 e. The van der Waals surface area contributed by atoms with Gasteiger partial charge in [-0.15, -0.1) is 0 Å². The molecule has 1 aliphatic heterocycles. The number of benzene rings is 1. The number of carbonyl (C=O) groups is 2. The molecule has 2 rings (SSSR count). The number of hydrogen-bond donors (Lipinski definition) is 2. The molecule has 6 nitrogen and oxygen atoms in total. The van der Waals surface area contributed by atoms with Crippen molar-refractivity contribution in [3.8, 4) is 0 Å². The molecule has 0 saturated heterocycles. The summed E-state index contributed by atoms with van der Waals surface area (Å²) in [4.78, 5) is 24.9. The average Bonchev–Trinajstić information content (AvgIpc) is 2.48. The van der Waals surface area contributed by atoms with E-state index in [1.807, 2.05) is 30.3 Å². The Balaban J connectivity index is 2.08. The van der Waals surface area contributed by atoms with Gasteiger partial charge in [0.15, 0.2) is 0 Å². The third kappa shape index (κ3) is 3.64. The van der Waals surface area contributed by atoms with Crippen LogP contribution in [0.15, 0.2) is 35.4 Å². The zero-order valence-corrected chi connectivity index (χ0v) is 11.1. The molecule has 1 heterocycles. The van der Waals surface area contributed by atoms with Crippen molar-refractivity contribution in [1.29, 1.82) is 0 Å². The smallest absolute Gasteiger partial charge is 0.270 e. The molecule has 1 aliphatic rings. The summed E-state index contributed by atoms with van der Waals surface area (Å²) in [5.41, 5.74) is 3.62. The molecule has 0 fully saturated rings. The predicted molar refractivity (Wildman–Crippen MR) is 73.8 cm³/mol. The van der Waals surface area contributed by atoms with Gasteiger partial charge in [0.25, 0.3) is 5.91 Å². The number of aliphatic hydroxyl groups excluding tert-OH is 1. The Morgan fingerprint density at radius 3 is 2.65 bits per heavy atom. The van der Waals surface area contributed by atoms with Gasteiger partial charge in [-0.1, -0.05) is 30.3 Å². The number of carbonyl (C=O) groups excluding carboxylic acids is 2. The van der Waals surface area contributed by atoms with Crippen molar-refractivity contribution >= 4 is 17.5 Å². The van der Waals surface area contributed by atoms with E-state index >= 15 is 0 Å². The number of hydrogen-bond acceptors (Lipinski definition) is 4. The van der Waals surface area contributed by atoms with Gasteiger partial charge in [0, 0.05) is 25.9 Å². The summed E-state index contributed by atoms with van der Waals surface area (Å²) in [5.74, 6) is -0.429. The summed E-state index contributed by atoms with van der Waals surface area (Å²) >= 11 is 0. The number of aliphatic hydroxyl groups is 1. The summed E-state index contributed by atoms with van der Waals surface area (Å²) in [6.07, 6.45) is 0.601. The number of nitrogens with zero attached hydrogens (tertiary/aromatic N) is 2. The van der Waals surface area contributed by atoms with Crippen molar-refractivity contribution in [2.45, 2.75) is 19.4 Å². The molecule has 2 amide bonds. The van der Waals surface area contributed by atoms with Gasteiger partial charge in [-0.05, 0) is 5.56 Å². The first-order valence-electron chi connectivity index (χ1n) is 6.50. The van der Waals surface area contributed by atoms with E-state index < -0.39 is 0 Å². The lowest BCUT2D eigenvalue weighted by Crippen LogP contribution is -2.41. The summed E-state index contributed by atoms with van der Waals surface area (Å²) in [6.45, 7) is 0.534. The quantitative estimate of drug-likeness (QED) is 0.809. The van der Waals surface area contributed by atoms with Crippen molar-refractivity contribution in [3.05, 3.63) is 35.9 Å². The highest BCUT2D eigenvalue weighted by Gasteiger charge is 2.23. The van der Waals surface area contributed by atoms with E-state index in [0.717, 1.165) is 5.56 Å². The molecule has 0 bridgehead atoms. The fourth-order valence-corrected chi connectivity index (χ4v) is 1.99. The van der Waals surface area contributed by atoms with Crippen LogP contribution in [0.3, 0.4) is 0 Å².